The molecule has 0 radical (unpaired) electrons. The van der Waals surface area contributed by atoms with E-state index in [4.69, 9.17) is 16.3 Å². The van der Waals surface area contributed by atoms with Gasteiger partial charge in [-0.1, -0.05) is 29.8 Å². The van der Waals surface area contributed by atoms with Crippen LogP contribution in [0, 0.1) is 0 Å². The van der Waals surface area contributed by atoms with Crippen LogP contribution in [0.2, 0.25) is 5.02 Å². The second kappa shape index (κ2) is 12.3. The molecule has 1 aliphatic heterocycles. The summed E-state index contributed by atoms with van der Waals surface area (Å²) in [6.45, 7) is 1.74. The number of rotatable bonds is 9. The number of fused-ring (bicyclic) bond motifs is 1. The Hall–Kier alpha value is -3.71. The van der Waals surface area contributed by atoms with E-state index in [-0.39, 0.29) is 35.1 Å². The summed E-state index contributed by atoms with van der Waals surface area (Å²) in [5, 5.41) is 15.0. The highest BCUT2D eigenvalue weighted by Crippen LogP contribution is 2.36. The molecule has 2 atom stereocenters. The van der Waals surface area contributed by atoms with Gasteiger partial charge in [-0.05, 0) is 72.3 Å². The number of hydrogen-bond acceptors (Lipinski definition) is 7. The van der Waals surface area contributed by atoms with E-state index < -0.39 is 35.2 Å². The van der Waals surface area contributed by atoms with Gasteiger partial charge in [0.25, 0.3) is 11.1 Å². The molecular formula is C29H24ClF3N4O4S. The van der Waals surface area contributed by atoms with Crippen molar-refractivity contribution in [3.63, 3.8) is 0 Å². The van der Waals surface area contributed by atoms with Crippen LogP contribution in [0.3, 0.4) is 0 Å². The molecule has 42 heavy (non-hydrogen) atoms. The minimum absolute atomic E-state index is 0.0130. The number of aromatic nitrogens is 3. The van der Waals surface area contributed by atoms with Crippen LogP contribution in [0.5, 0.6) is 0 Å². The number of benzene rings is 2. The molecule has 0 bridgehead atoms. The average Bonchev–Trinajstić information content (AvgIpc) is 3.47. The van der Waals surface area contributed by atoms with E-state index in [0.29, 0.717) is 22.2 Å². The van der Waals surface area contributed by atoms with Crippen LogP contribution in [0.15, 0.2) is 71.9 Å². The Morgan fingerprint density at radius 1 is 1.14 bits per heavy atom. The smallest absolute Gasteiger partial charge is 0.366 e. The summed E-state index contributed by atoms with van der Waals surface area (Å²) < 4.78 is 47.5. The van der Waals surface area contributed by atoms with Gasteiger partial charge in [-0.15, -0.1) is 0 Å². The van der Waals surface area contributed by atoms with Crippen molar-refractivity contribution in [1.82, 2.24) is 19.7 Å². The van der Waals surface area contributed by atoms with Crippen LogP contribution in [-0.4, -0.2) is 54.9 Å². The van der Waals surface area contributed by atoms with Gasteiger partial charge in [0.1, 0.15) is 0 Å². The van der Waals surface area contributed by atoms with E-state index in [1.165, 1.54) is 23.0 Å². The van der Waals surface area contributed by atoms with Crippen LogP contribution in [0.4, 0.5) is 18.0 Å². The van der Waals surface area contributed by atoms with E-state index in [1.807, 2.05) is 0 Å². The molecular weight excluding hydrogens is 593 g/mol. The van der Waals surface area contributed by atoms with Gasteiger partial charge >= 0.3 is 6.18 Å². The van der Waals surface area contributed by atoms with Gasteiger partial charge in [0.15, 0.2) is 6.29 Å². The van der Waals surface area contributed by atoms with Gasteiger partial charge in [-0.2, -0.15) is 18.3 Å². The van der Waals surface area contributed by atoms with E-state index in [9.17, 15) is 27.9 Å². The number of amides is 2. The van der Waals surface area contributed by atoms with Crippen molar-refractivity contribution >= 4 is 51.5 Å². The van der Waals surface area contributed by atoms with Gasteiger partial charge in [-0.25, -0.2) is 0 Å². The molecule has 0 spiro atoms. The molecule has 13 heteroatoms. The molecule has 2 aromatic heterocycles. The number of imide groups is 1. The zero-order chi connectivity index (χ0) is 30.0. The molecule has 4 aromatic rings. The van der Waals surface area contributed by atoms with Crippen LogP contribution in [0.25, 0.3) is 17.0 Å². The number of aliphatic hydroxyl groups excluding tert-OH is 1. The molecule has 218 valence electrons. The SMILES string of the molecule is CCOC(O)C(Cc1ccccn1)N1C(=O)S/C(=C\c2ccc3c(cnn3Cc3ccc(Cl)cc3C(F)(F)F)c2)C1=O. The second-order valence-corrected chi connectivity index (χ2v) is 10.8. The summed E-state index contributed by atoms with van der Waals surface area (Å²) in [4.78, 5) is 31.7. The highest BCUT2D eigenvalue weighted by atomic mass is 35.5. The van der Waals surface area contributed by atoms with Gasteiger partial charge in [-0.3, -0.25) is 24.2 Å². The number of hydrogen-bond donors (Lipinski definition) is 1. The lowest BCUT2D eigenvalue weighted by Gasteiger charge is -2.29. The molecule has 2 amide bonds. The number of thioether (sulfide) groups is 1. The molecule has 1 fully saturated rings. The van der Waals surface area contributed by atoms with Gasteiger partial charge in [0.05, 0.1) is 34.8 Å². The molecule has 1 aliphatic rings. The summed E-state index contributed by atoms with van der Waals surface area (Å²) >= 11 is 6.54. The summed E-state index contributed by atoms with van der Waals surface area (Å²) in [5.41, 5.74) is 0.930. The van der Waals surface area contributed by atoms with Crippen LogP contribution in [-0.2, 0) is 28.7 Å². The maximum Gasteiger partial charge on any atom is 0.416 e. The van der Waals surface area contributed by atoms with Crippen LogP contribution in [0.1, 0.15) is 29.3 Å². The highest BCUT2D eigenvalue weighted by Gasteiger charge is 2.43. The van der Waals surface area contributed by atoms with E-state index >= 15 is 0 Å². The largest absolute Gasteiger partial charge is 0.416 e. The lowest BCUT2D eigenvalue weighted by Crippen LogP contribution is -2.48. The molecule has 0 aliphatic carbocycles. The molecule has 2 unspecified atom stereocenters. The molecule has 3 heterocycles. The van der Waals surface area contributed by atoms with Crippen molar-refractivity contribution in [3.05, 3.63) is 99.3 Å². The fourth-order valence-corrected chi connectivity index (χ4v) is 5.74. The molecule has 1 saturated heterocycles. The third kappa shape index (κ3) is 6.36. The van der Waals surface area contributed by atoms with E-state index in [1.54, 1.807) is 55.6 Å². The lowest BCUT2D eigenvalue weighted by molar-refractivity contribution is -0.148. The van der Waals surface area contributed by atoms with Crippen molar-refractivity contribution in [2.45, 2.75) is 38.4 Å². The first kappa shape index (κ1) is 29.8. The van der Waals surface area contributed by atoms with Crippen molar-refractivity contribution in [2.24, 2.45) is 0 Å². The molecule has 8 nitrogen and oxygen atoms in total. The Labute approximate surface area is 247 Å². The Morgan fingerprint density at radius 2 is 1.95 bits per heavy atom. The first-order valence-electron chi connectivity index (χ1n) is 12.8. The summed E-state index contributed by atoms with van der Waals surface area (Å²) in [6, 6.07) is 12.9. The van der Waals surface area contributed by atoms with E-state index in [2.05, 4.69) is 10.1 Å². The molecule has 0 saturated carbocycles. The third-order valence-electron chi connectivity index (χ3n) is 6.63. The predicted octanol–water partition coefficient (Wildman–Crippen LogP) is 6.15. The van der Waals surface area contributed by atoms with Crippen molar-refractivity contribution in [1.29, 1.82) is 0 Å². The first-order chi connectivity index (χ1) is 20.0. The Morgan fingerprint density at radius 3 is 2.67 bits per heavy atom. The average molecular weight is 617 g/mol. The maximum atomic E-state index is 13.6. The number of aliphatic hydroxyl groups is 1. The number of ether oxygens (including phenoxy) is 1. The summed E-state index contributed by atoms with van der Waals surface area (Å²) in [5.74, 6) is -0.581. The normalized spacial score (nSPS) is 16.5. The topological polar surface area (TPSA) is 97.6 Å². The number of nitrogens with zero attached hydrogens (tertiary/aromatic N) is 4. The van der Waals surface area contributed by atoms with Crippen LogP contribution >= 0.6 is 23.4 Å². The summed E-state index contributed by atoms with van der Waals surface area (Å²) in [6.07, 6.45) is -1.24. The van der Waals surface area contributed by atoms with Gasteiger partial charge in [0.2, 0.25) is 0 Å². The predicted molar refractivity (Wildman–Crippen MR) is 152 cm³/mol. The van der Waals surface area contributed by atoms with E-state index in [0.717, 1.165) is 22.7 Å². The Bertz CT molecular complexity index is 1660. The lowest BCUT2D eigenvalue weighted by atomic mass is 10.1. The van der Waals surface area contributed by atoms with Gasteiger partial charge < -0.3 is 9.84 Å². The Kier molecular flexibility index (Phi) is 8.69. The van der Waals surface area contributed by atoms with Crippen molar-refractivity contribution in [3.8, 4) is 0 Å². The number of carbonyl (C=O) groups excluding carboxylic acids is 2. The number of carbonyl (C=O) groups is 2. The minimum Gasteiger partial charge on any atom is -0.366 e. The minimum atomic E-state index is -4.57. The molecule has 2 aromatic carbocycles. The second-order valence-electron chi connectivity index (χ2n) is 9.41. The maximum absolute atomic E-state index is 13.6. The monoisotopic (exact) mass is 616 g/mol. The number of halogens is 4. The summed E-state index contributed by atoms with van der Waals surface area (Å²) in [7, 11) is 0. The van der Waals surface area contributed by atoms with Crippen molar-refractivity contribution < 1.29 is 32.6 Å². The van der Waals surface area contributed by atoms with Gasteiger partial charge in [0, 0.05) is 35.3 Å². The van der Waals surface area contributed by atoms with Crippen molar-refractivity contribution in [2.75, 3.05) is 6.61 Å². The highest BCUT2D eigenvalue weighted by molar-refractivity contribution is 8.18. The Balaban J connectivity index is 1.40. The first-order valence-corrected chi connectivity index (χ1v) is 14.0. The zero-order valence-electron chi connectivity index (χ0n) is 22.1. The standard InChI is InChI=1S/C29H24ClF3N4O4S/c1-2-41-27(39)24(14-21-5-3-4-10-34-21)37-26(38)25(42-28(37)40)12-17-6-9-23-19(11-17)15-35-36(23)16-18-7-8-20(30)13-22(18)29(31,32)33/h3-13,15,24,27,39H,2,14,16H2,1H3/b25-12-. The third-order valence-corrected chi connectivity index (χ3v) is 7.75. The fourth-order valence-electron chi connectivity index (χ4n) is 4.68. The zero-order valence-corrected chi connectivity index (χ0v) is 23.7. The number of alkyl halides is 3. The number of pyridine rings is 1. The quantitative estimate of drug-likeness (QED) is 0.178. The molecule has 5 rings (SSSR count). The van der Waals surface area contributed by atoms with Crippen LogP contribution < -0.4 is 0 Å². The molecule has 1 N–H and O–H groups in total. The fraction of sp³-hybridized carbons (Fsp3) is 0.241.